The first kappa shape index (κ1) is 14.7. The summed E-state index contributed by atoms with van der Waals surface area (Å²) in [6.45, 7) is 4.78. The van der Waals surface area contributed by atoms with Gasteiger partial charge in [-0.05, 0) is 37.1 Å². The van der Waals surface area contributed by atoms with Crippen LogP contribution in [-0.4, -0.2) is 17.3 Å². The second-order valence-corrected chi connectivity index (χ2v) is 6.21. The van der Waals surface area contributed by atoms with E-state index in [1.807, 2.05) is 25.1 Å². The van der Waals surface area contributed by atoms with E-state index in [4.69, 9.17) is 0 Å². The number of carbonyl (C=O) groups excluding carboxylic acids is 1. The molecule has 0 bridgehead atoms. The van der Waals surface area contributed by atoms with Crippen LogP contribution < -0.4 is 5.32 Å². The SMILES string of the molecule is CCCC(Br)CNC(=O)c1ccc(Br)c(C)c1. The van der Waals surface area contributed by atoms with E-state index in [9.17, 15) is 4.79 Å². The molecule has 1 amide bonds. The molecule has 1 unspecified atom stereocenters. The number of benzene rings is 1. The van der Waals surface area contributed by atoms with Crippen LogP contribution >= 0.6 is 31.9 Å². The summed E-state index contributed by atoms with van der Waals surface area (Å²) in [6.07, 6.45) is 2.18. The topological polar surface area (TPSA) is 29.1 Å². The second-order valence-electron chi connectivity index (χ2n) is 4.06. The van der Waals surface area contributed by atoms with Crippen molar-refractivity contribution in [2.75, 3.05) is 6.54 Å². The summed E-state index contributed by atoms with van der Waals surface area (Å²) in [6, 6.07) is 5.62. The molecule has 17 heavy (non-hydrogen) atoms. The minimum absolute atomic E-state index is 0.0128. The van der Waals surface area contributed by atoms with Gasteiger partial charge in [0, 0.05) is 21.4 Å². The molecule has 1 aromatic rings. The van der Waals surface area contributed by atoms with Crippen molar-refractivity contribution in [1.82, 2.24) is 5.32 Å². The number of carbonyl (C=O) groups is 1. The molecule has 94 valence electrons. The maximum Gasteiger partial charge on any atom is 0.251 e. The summed E-state index contributed by atoms with van der Waals surface area (Å²) in [5.74, 6) is -0.0128. The fraction of sp³-hybridized carbons (Fsp3) is 0.462. The number of hydrogen-bond donors (Lipinski definition) is 1. The van der Waals surface area contributed by atoms with Gasteiger partial charge in [-0.2, -0.15) is 0 Å². The van der Waals surface area contributed by atoms with Gasteiger partial charge in [-0.15, -0.1) is 0 Å². The molecule has 4 heteroatoms. The molecule has 0 saturated carbocycles. The van der Waals surface area contributed by atoms with Crippen LogP contribution in [0.2, 0.25) is 0 Å². The van der Waals surface area contributed by atoms with Gasteiger partial charge in [0.15, 0.2) is 0 Å². The highest BCUT2D eigenvalue weighted by molar-refractivity contribution is 9.10. The van der Waals surface area contributed by atoms with Crippen molar-refractivity contribution in [3.63, 3.8) is 0 Å². The predicted molar refractivity (Wildman–Crippen MR) is 78.8 cm³/mol. The molecule has 1 aromatic carbocycles. The van der Waals surface area contributed by atoms with Crippen LogP contribution in [0.1, 0.15) is 35.7 Å². The van der Waals surface area contributed by atoms with E-state index < -0.39 is 0 Å². The average molecular weight is 363 g/mol. The summed E-state index contributed by atoms with van der Waals surface area (Å²) < 4.78 is 1.03. The van der Waals surface area contributed by atoms with Crippen LogP contribution in [0.4, 0.5) is 0 Å². The molecule has 0 aliphatic rings. The number of halogens is 2. The lowest BCUT2D eigenvalue weighted by molar-refractivity contribution is 0.0953. The third-order valence-corrected chi connectivity index (χ3v) is 4.18. The average Bonchev–Trinajstić information content (AvgIpc) is 2.30. The highest BCUT2D eigenvalue weighted by Crippen LogP contribution is 2.17. The maximum absolute atomic E-state index is 11.9. The van der Waals surface area contributed by atoms with E-state index in [0.29, 0.717) is 16.9 Å². The van der Waals surface area contributed by atoms with Crippen LogP contribution in [0.15, 0.2) is 22.7 Å². The molecule has 2 nitrogen and oxygen atoms in total. The Morgan fingerprint density at radius 3 is 2.76 bits per heavy atom. The fourth-order valence-corrected chi connectivity index (χ4v) is 2.37. The number of aryl methyl sites for hydroxylation is 1. The summed E-state index contributed by atoms with van der Waals surface area (Å²) in [5, 5.41) is 2.93. The van der Waals surface area contributed by atoms with Crippen LogP contribution in [0.5, 0.6) is 0 Å². The number of hydrogen-bond acceptors (Lipinski definition) is 1. The third-order valence-electron chi connectivity index (χ3n) is 2.51. The summed E-state index contributed by atoms with van der Waals surface area (Å²) in [5.41, 5.74) is 1.78. The first-order valence-electron chi connectivity index (χ1n) is 5.73. The molecular weight excluding hydrogens is 346 g/mol. The smallest absolute Gasteiger partial charge is 0.251 e. The number of alkyl halides is 1. The van der Waals surface area contributed by atoms with Gasteiger partial charge in [0.05, 0.1) is 0 Å². The Labute approximate surface area is 119 Å². The molecule has 0 aromatic heterocycles. The first-order chi connectivity index (χ1) is 8.04. The molecule has 0 spiro atoms. The van der Waals surface area contributed by atoms with Gasteiger partial charge in [-0.25, -0.2) is 0 Å². The van der Waals surface area contributed by atoms with E-state index >= 15 is 0 Å². The molecule has 0 saturated heterocycles. The van der Waals surface area contributed by atoms with Crippen molar-refractivity contribution < 1.29 is 4.79 Å². The van der Waals surface area contributed by atoms with Gasteiger partial charge in [0.25, 0.3) is 5.91 Å². The molecule has 1 rings (SSSR count). The molecule has 0 radical (unpaired) electrons. The predicted octanol–water partition coefficient (Wildman–Crippen LogP) is 4.05. The quantitative estimate of drug-likeness (QED) is 0.786. The van der Waals surface area contributed by atoms with Gasteiger partial charge in [0.1, 0.15) is 0 Å². The van der Waals surface area contributed by atoms with E-state index in [2.05, 4.69) is 44.1 Å². The Bertz CT molecular complexity index is 393. The van der Waals surface area contributed by atoms with Gasteiger partial charge in [-0.1, -0.05) is 45.2 Å². The molecular formula is C13H17Br2NO. The largest absolute Gasteiger partial charge is 0.351 e. The Balaban J connectivity index is 2.55. The lowest BCUT2D eigenvalue weighted by Crippen LogP contribution is -2.29. The highest BCUT2D eigenvalue weighted by Gasteiger charge is 2.09. The van der Waals surface area contributed by atoms with Crippen molar-refractivity contribution in [1.29, 1.82) is 0 Å². The van der Waals surface area contributed by atoms with Crippen molar-refractivity contribution in [2.45, 2.75) is 31.5 Å². The third kappa shape index (κ3) is 4.80. The highest BCUT2D eigenvalue weighted by atomic mass is 79.9. The molecule has 0 fully saturated rings. The van der Waals surface area contributed by atoms with Gasteiger partial charge >= 0.3 is 0 Å². The lowest BCUT2D eigenvalue weighted by Gasteiger charge is -2.10. The zero-order valence-corrected chi connectivity index (χ0v) is 13.3. The summed E-state index contributed by atoms with van der Waals surface area (Å²) >= 11 is 6.96. The lowest BCUT2D eigenvalue weighted by atomic mass is 10.1. The van der Waals surface area contributed by atoms with Gasteiger partial charge in [-0.3, -0.25) is 4.79 Å². The van der Waals surface area contributed by atoms with Crippen molar-refractivity contribution in [2.24, 2.45) is 0 Å². The number of nitrogens with one attached hydrogen (secondary N) is 1. The van der Waals surface area contributed by atoms with Gasteiger partial charge < -0.3 is 5.32 Å². The van der Waals surface area contributed by atoms with Crippen LogP contribution in [-0.2, 0) is 0 Å². The number of amides is 1. The normalized spacial score (nSPS) is 12.2. The zero-order valence-electron chi connectivity index (χ0n) is 10.1. The van der Waals surface area contributed by atoms with Crippen molar-refractivity contribution in [3.05, 3.63) is 33.8 Å². The van der Waals surface area contributed by atoms with Gasteiger partial charge in [0.2, 0.25) is 0 Å². The van der Waals surface area contributed by atoms with E-state index in [0.717, 1.165) is 22.9 Å². The van der Waals surface area contributed by atoms with Crippen molar-refractivity contribution in [3.8, 4) is 0 Å². The molecule has 1 atom stereocenters. The number of rotatable bonds is 5. The second kappa shape index (κ2) is 7.17. The maximum atomic E-state index is 11.9. The minimum Gasteiger partial charge on any atom is -0.351 e. The Kier molecular flexibility index (Phi) is 6.20. The Hall–Kier alpha value is -0.350. The fourth-order valence-electron chi connectivity index (χ4n) is 1.51. The Morgan fingerprint density at radius 1 is 1.47 bits per heavy atom. The van der Waals surface area contributed by atoms with Crippen LogP contribution in [0.3, 0.4) is 0 Å². The van der Waals surface area contributed by atoms with Crippen LogP contribution in [0, 0.1) is 6.92 Å². The standard InChI is InChI=1S/C13H17Br2NO/c1-3-4-11(14)8-16-13(17)10-5-6-12(15)9(2)7-10/h5-7,11H,3-4,8H2,1-2H3,(H,16,17). The molecule has 1 N–H and O–H groups in total. The minimum atomic E-state index is -0.0128. The first-order valence-corrected chi connectivity index (χ1v) is 7.44. The van der Waals surface area contributed by atoms with E-state index in [1.54, 1.807) is 0 Å². The molecule has 0 aliphatic heterocycles. The Morgan fingerprint density at radius 2 is 2.18 bits per heavy atom. The summed E-state index contributed by atoms with van der Waals surface area (Å²) in [7, 11) is 0. The van der Waals surface area contributed by atoms with E-state index in [-0.39, 0.29) is 5.91 Å². The molecule has 0 heterocycles. The van der Waals surface area contributed by atoms with Crippen LogP contribution in [0.25, 0.3) is 0 Å². The summed E-state index contributed by atoms with van der Waals surface area (Å²) in [4.78, 5) is 12.2. The zero-order chi connectivity index (χ0) is 12.8. The van der Waals surface area contributed by atoms with E-state index in [1.165, 1.54) is 0 Å². The molecule has 0 aliphatic carbocycles. The monoisotopic (exact) mass is 361 g/mol. The van der Waals surface area contributed by atoms with Crippen molar-refractivity contribution >= 4 is 37.8 Å².